The van der Waals surface area contributed by atoms with Gasteiger partial charge < -0.3 is 10.2 Å². The third-order valence-electron chi connectivity index (χ3n) is 4.60. The highest BCUT2D eigenvalue weighted by molar-refractivity contribution is 5.91. The van der Waals surface area contributed by atoms with Gasteiger partial charge in [-0.05, 0) is 31.4 Å². The van der Waals surface area contributed by atoms with Gasteiger partial charge in [0.15, 0.2) is 0 Å². The molecule has 0 radical (unpaired) electrons. The molecule has 4 rings (SSSR count). The van der Waals surface area contributed by atoms with Crippen molar-refractivity contribution in [2.75, 3.05) is 18.4 Å². The lowest BCUT2D eigenvalue weighted by Crippen LogP contribution is -2.40. The van der Waals surface area contributed by atoms with Gasteiger partial charge in [0.25, 0.3) is 5.91 Å². The molecule has 3 heterocycles. The Morgan fingerprint density at radius 1 is 1.39 bits per heavy atom. The average Bonchev–Trinajstić information content (AvgIpc) is 2.99. The van der Waals surface area contributed by atoms with Gasteiger partial charge in [0, 0.05) is 25.2 Å². The molecule has 2 aliphatic rings. The molecule has 0 aliphatic carbocycles. The van der Waals surface area contributed by atoms with Crippen molar-refractivity contribution in [3.8, 4) is 0 Å². The molecular formula is C16H18FN5O. The second-order valence-corrected chi connectivity index (χ2v) is 6.00. The van der Waals surface area contributed by atoms with E-state index in [2.05, 4.69) is 15.4 Å². The normalized spacial score (nSPS) is 19.7. The summed E-state index contributed by atoms with van der Waals surface area (Å²) in [6, 6.07) is 4.77. The highest BCUT2D eigenvalue weighted by Crippen LogP contribution is 2.32. The number of carbonyl (C=O) groups is 1. The van der Waals surface area contributed by atoms with Crippen molar-refractivity contribution in [2.45, 2.75) is 32.4 Å². The molecule has 2 aromatic rings. The molecule has 120 valence electrons. The second-order valence-electron chi connectivity index (χ2n) is 6.00. The van der Waals surface area contributed by atoms with Crippen LogP contribution in [0.25, 0.3) is 0 Å². The first-order chi connectivity index (χ1) is 11.1. The molecule has 1 unspecified atom stereocenters. The number of rotatable bonds is 1. The molecule has 1 aromatic carbocycles. The van der Waals surface area contributed by atoms with Gasteiger partial charge in [-0.2, -0.15) is 4.98 Å². The Kier molecular flexibility index (Phi) is 3.28. The van der Waals surface area contributed by atoms with Crippen LogP contribution in [-0.2, 0) is 13.0 Å². The molecule has 0 bridgehead atoms. The molecule has 0 saturated carbocycles. The van der Waals surface area contributed by atoms with Crippen LogP contribution in [0.3, 0.4) is 0 Å². The Hall–Kier alpha value is -2.44. The zero-order valence-electron chi connectivity index (χ0n) is 12.9. The third kappa shape index (κ3) is 2.27. The fourth-order valence-corrected chi connectivity index (χ4v) is 3.41. The van der Waals surface area contributed by atoms with Crippen LogP contribution in [0, 0.1) is 5.82 Å². The van der Waals surface area contributed by atoms with Crippen LogP contribution in [0.15, 0.2) is 18.2 Å². The monoisotopic (exact) mass is 315 g/mol. The summed E-state index contributed by atoms with van der Waals surface area (Å²) in [5.74, 6) is 0.318. The first kappa shape index (κ1) is 14.2. The van der Waals surface area contributed by atoms with Gasteiger partial charge in [0.1, 0.15) is 5.82 Å². The first-order valence-electron chi connectivity index (χ1n) is 7.92. The van der Waals surface area contributed by atoms with Crippen molar-refractivity contribution in [3.63, 3.8) is 0 Å². The number of fused-ring (bicyclic) bond motifs is 2. The fourth-order valence-electron chi connectivity index (χ4n) is 3.41. The van der Waals surface area contributed by atoms with Crippen LogP contribution >= 0.6 is 0 Å². The molecule has 2 aliphatic heterocycles. The van der Waals surface area contributed by atoms with Crippen molar-refractivity contribution >= 4 is 11.9 Å². The molecule has 6 nitrogen and oxygen atoms in total. The number of halogens is 1. The number of aromatic nitrogens is 3. The number of anilines is 1. The number of carbonyl (C=O) groups excluding carboxylic acids is 1. The molecule has 1 aromatic heterocycles. The highest BCUT2D eigenvalue weighted by Gasteiger charge is 2.32. The van der Waals surface area contributed by atoms with Crippen LogP contribution < -0.4 is 5.32 Å². The molecule has 0 spiro atoms. The standard InChI is InChI=1S/C16H18FN5O/c1-10-13-11(4-2-5-12(13)17)6-9-21(10)15(23)14-19-16-18-7-3-8-22(16)20-14/h2,4-5,10H,3,6-9H2,1H3,(H,18,19,20). The van der Waals surface area contributed by atoms with Crippen molar-refractivity contribution in [1.29, 1.82) is 0 Å². The van der Waals surface area contributed by atoms with Crippen molar-refractivity contribution in [1.82, 2.24) is 19.7 Å². The molecule has 0 saturated heterocycles. The summed E-state index contributed by atoms with van der Waals surface area (Å²) in [7, 11) is 0. The SMILES string of the molecule is CC1c2c(F)cccc2CCN1C(=O)c1nc2n(n1)CCCN2. The number of nitrogens with one attached hydrogen (secondary N) is 1. The number of hydrogen-bond donors (Lipinski definition) is 1. The Bertz CT molecular complexity index is 748. The average molecular weight is 315 g/mol. The second kappa shape index (κ2) is 5.33. The molecule has 1 N–H and O–H groups in total. The van der Waals surface area contributed by atoms with Gasteiger partial charge in [0.05, 0.1) is 6.04 Å². The zero-order chi connectivity index (χ0) is 16.0. The van der Waals surface area contributed by atoms with Gasteiger partial charge in [-0.25, -0.2) is 9.07 Å². The van der Waals surface area contributed by atoms with E-state index < -0.39 is 0 Å². The minimum Gasteiger partial charge on any atom is -0.354 e. The van der Waals surface area contributed by atoms with Crippen LogP contribution in [0.1, 0.15) is 41.1 Å². The Morgan fingerprint density at radius 2 is 2.26 bits per heavy atom. The Balaban J connectivity index is 1.64. The first-order valence-corrected chi connectivity index (χ1v) is 7.92. The summed E-state index contributed by atoms with van der Waals surface area (Å²) in [5.41, 5.74) is 1.58. The number of nitrogens with zero attached hydrogens (tertiary/aromatic N) is 4. The molecule has 1 atom stereocenters. The predicted molar refractivity (Wildman–Crippen MR) is 82.7 cm³/mol. The van der Waals surface area contributed by atoms with Crippen molar-refractivity contribution < 1.29 is 9.18 Å². The quantitative estimate of drug-likeness (QED) is 0.874. The van der Waals surface area contributed by atoms with Crippen LogP contribution in [0.2, 0.25) is 0 Å². The molecule has 23 heavy (non-hydrogen) atoms. The van der Waals surface area contributed by atoms with E-state index in [1.54, 1.807) is 15.6 Å². The van der Waals surface area contributed by atoms with Gasteiger partial charge in [-0.15, -0.1) is 5.10 Å². The molecule has 0 fully saturated rings. The van der Waals surface area contributed by atoms with Crippen molar-refractivity contribution in [2.24, 2.45) is 0 Å². The summed E-state index contributed by atoms with van der Waals surface area (Å²) in [6.07, 6.45) is 1.61. The van der Waals surface area contributed by atoms with E-state index in [0.717, 1.165) is 25.1 Å². The lowest BCUT2D eigenvalue weighted by molar-refractivity contribution is 0.0661. The van der Waals surface area contributed by atoms with E-state index >= 15 is 0 Å². The van der Waals surface area contributed by atoms with E-state index in [4.69, 9.17) is 0 Å². The van der Waals surface area contributed by atoms with Gasteiger partial charge in [0.2, 0.25) is 11.8 Å². The number of amides is 1. The van der Waals surface area contributed by atoms with Gasteiger partial charge in [-0.1, -0.05) is 12.1 Å². The Labute approximate surface area is 133 Å². The van der Waals surface area contributed by atoms with Crippen molar-refractivity contribution in [3.05, 3.63) is 41.0 Å². The van der Waals surface area contributed by atoms with E-state index in [0.29, 0.717) is 24.5 Å². The fraction of sp³-hybridized carbons (Fsp3) is 0.438. The number of benzene rings is 1. The van der Waals surface area contributed by atoms with Gasteiger partial charge >= 0.3 is 0 Å². The van der Waals surface area contributed by atoms with Crippen LogP contribution in [-0.4, -0.2) is 38.7 Å². The smallest absolute Gasteiger partial charge is 0.294 e. The maximum atomic E-state index is 14.2. The van der Waals surface area contributed by atoms with Crippen LogP contribution in [0.4, 0.5) is 10.3 Å². The molecule has 1 amide bonds. The van der Waals surface area contributed by atoms with Crippen LogP contribution in [0.5, 0.6) is 0 Å². The Morgan fingerprint density at radius 3 is 3.09 bits per heavy atom. The molecular weight excluding hydrogens is 297 g/mol. The summed E-state index contributed by atoms with van der Waals surface area (Å²) < 4.78 is 15.9. The lowest BCUT2D eigenvalue weighted by Gasteiger charge is -2.34. The zero-order valence-corrected chi connectivity index (χ0v) is 12.9. The minimum absolute atomic E-state index is 0.182. The predicted octanol–water partition coefficient (Wildman–Crippen LogP) is 1.99. The number of hydrogen-bond acceptors (Lipinski definition) is 4. The third-order valence-corrected chi connectivity index (χ3v) is 4.60. The highest BCUT2D eigenvalue weighted by atomic mass is 19.1. The largest absolute Gasteiger partial charge is 0.354 e. The van der Waals surface area contributed by atoms with Gasteiger partial charge in [-0.3, -0.25) is 4.79 Å². The lowest BCUT2D eigenvalue weighted by atomic mass is 9.93. The van der Waals surface area contributed by atoms with E-state index in [-0.39, 0.29) is 23.6 Å². The number of aryl methyl sites for hydroxylation is 1. The summed E-state index contributed by atoms with van der Waals surface area (Å²) in [6.45, 7) is 4.00. The van der Waals surface area contributed by atoms with E-state index in [1.807, 2.05) is 13.0 Å². The maximum Gasteiger partial charge on any atom is 0.294 e. The van der Waals surface area contributed by atoms with E-state index in [1.165, 1.54) is 6.07 Å². The molecule has 7 heteroatoms. The maximum absolute atomic E-state index is 14.2. The topological polar surface area (TPSA) is 63.1 Å². The summed E-state index contributed by atoms with van der Waals surface area (Å²) >= 11 is 0. The van der Waals surface area contributed by atoms with E-state index in [9.17, 15) is 9.18 Å². The summed E-state index contributed by atoms with van der Waals surface area (Å²) in [5, 5.41) is 7.43. The minimum atomic E-state index is -0.319. The summed E-state index contributed by atoms with van der Waals surface area (Å²) in [4.78, 5) is 18.7.